The summed E-state index contributed by atoms with van der Waals surface area (Å²) in [5.41, 5.74) is 2.67. The lowest BCUT2D eigenvalue weighted by Gasteiger charge is -2.23. The standard InChI is InChI=1S/C19H28O3Si/c1-5-6-8-13-19(22-16(2)21)17(14-20)15-23(3,4)18-11-9-7-10-12-18/h7,9-12,14-15,19H,5-6,8,13H2,1-4H3/b17-15+. The van der Waals surface area contributed by atoms with E-state index in [4.69, 9.17) is 4.74 Å². The van der Waals surface area contributed by atoms with Crippen LogP contribution in [0.2, 0.25) is 13.1 Å². The molecule has 0 aliphatic carbocycles. The van der Waals surface area contributed by atoms with Crippen LogP contribution < -0.4 is 5.19 Å². The lowest BCUT2D eigenvalue weighted by molar-refractivity contribution is -0.145. The van der Waals surface area contributed by atoms with Gasteiger partial charge in [0.05, 0.1) is 0 Å². The van der Waals surface area contributed by atoms with Crippen LogP contribution in [0.5, 0.6) is 0 Å². The van der Waals surface area contributed by atoms with E-state index in [1.807, 2.05) is 18.2 Å². The summed E-state index contributed by atoms with van der Waals surface area (Å²) in [5, 5.41) is 1.26. The number of rotatable bonds is 9. The highest BCUT2D eigenvalue weighted by Crippen LogP contribution is 2.18. The summed E-state index contributed by atoms with van der Waals surface area (Å²) >= 11 is 0. The van der Waals surface area contributed by atoms with Gasteiger partial charge in [0, 0.05) is 12.5 Å². The fraction of sp³-hybridized carbons (Fsp3) is 0.474. The molecule has 0 heterocycles. The van der Waals surface area contributed by atoms with Crippen molar-refractivity contribution in [1.29, 1.82) is 0 Å². The third-order valence-electron chi connectivity index (χ3n) is 3.93. The number of carbonyl (C=O) groups excluding carboxylic acids is 2. The Hall–Kier alpha value is -1.68. The minimum Gasteiger partial charge on any atom is -0.458 e. The van der Waals surface area contributed by atoms with Gasteiger partial charge in [-0.2, -0.15) is 0 Å². The first-order chi connectivity index (χ1) is 10.9. The number of aldehydes is 1. The number of hydrogen-bond donors (Lipinski definition) is 0. The fourth-order valence-electron chi connectivity index (χ4n) is 2.64. The smallest absolute Gasteiger partial charge is 0.303 e. The van der Waals surface area contributed by atoms with Gasteiger partial charge in [0.25, 0.3) is 0 Å². The third kappa shape index (κ3) is 6.53. The molecule has 0 radical (unpaired) electrons. The number of unbranched alkanes of at least 4 members (excludes halogenated alkanes) is 2. The van der Waals surface area contributed by atoms with Gasteiger partial charge in [-0.25, -0.2) is 0 Å². The Kier molecular flexibility index (Phi) is 7.96. The molecule has 1 unspecified atom stereocenters. The van der Waals surface area contributed by atoms with E-state index in [0.717, 1.165) is 25.5 Å². The summed E-state index contributed by atoms with van der Waals surface area (Å²) in [4.78, 5) is 23.0. The molecule has 3 nitrogen and oxygen atoms in total. The molecule has 0 N–H and O–H groups in total. The molecular formula is C19H28O3Si. The van der Waals surface area contributed by atoms with E-state index in [-0.39, 0.29) is 5.97 Å². The number of hydrogen-bond acceptors (Lipinski definition) is 3. The molecule has 0 aromatic heterocycles. The van der Waals surface area contributed by atoms with Crippen LogP contribution in [0.15, 0.2) is 41.6 Å². The molecule has 23 heavy (non-hydrogen) atoms. The van der Waals surface area contributed by atoms with Gasteiger partial charge >= 0.3 is 5.97 Å². The third-order valence-corrected chi connectivity index (χ3v) is 6.81. The Morgan fingerprint density at radius 1 is 1.22 bits per heavy atom. The summed E-state index contributed by atoms with van der Waals surface area (Å²) in [6.45, 7) is 7.92. The van der Waals surface area contributed by atoms with Crippen molar-refractivity contribution in [2.75, 3.05) is 0 Å². The van der Waals surface area contributed by atoms with Crippen LogP contribution in [-0.2, 0) is 14.3 Å². The van der Waals surface area contributed by atoms with Crippen LogP contribution in [0.3, 0.4) is 0 Å². The molecule has 0 bridgehead atoms. The largest absolute Gasteiger partial charge is 0.458 e. The number of esters is 1. The van der Waals surface area contributed by atoms with Gasteiger partial charge in [-0.1, -0.05) is 74.1 Å². The van der Waals surface area contributed by atoms with E-state index in [9.17, 15) is 9.59 Å². The maximum absolute atomic E-state index is 11.6. The highest BCUT2D eigenvalue weighted by atomic mass is 28.3. The van der Waals surface area contributed by atoms with E-state index in [0.29, 0.717) is 12.0 Å². The van der Waals surface area contributed by atoms with E-state index in [1.54, 1.807) is 0 Å². The second-order valence-electron chi connectivity index (χ2n) is 6.44. The average molecular weight is 333 g/mol. The Labute approximate surface area is 140 Å². The predicted molar refractivity (Wildman–Crippen MR) is 97.4 cm³/mol. The Morgan fingerprint density at radius 2 is 1.87 bits per heavy atom. The van der Waals surface area contributed by atoms with Crippen molar-refractivity contribution in [1.82, 2.24) is 0 Å². The highest BCUT2D eigenvalue weighted by molar-refractivity contribution is 6.94. The molecule has 0 saturated carbocycles. The molecular weight excluding hydrogens is 304 g/mol. The van der Waals surface area contributed by atoms with Crippen LogP contribution >= 0.6 is 0 Å². The van der Waals surface area contributed by atoms with Gasteiger partial charge in [0.2, 0.25) is 0 Å². The molecule has 126 valence electrons. The Morgan fingerprint density at radius 3 is 2.39 bits per heavy atom. The molecule has 1 aromatic rings. The Bertz CT molecular complexity index is 535. The van der Waals surface area contributed by atoms with Crippen LogP contribution in [0.4, 0.5) is 0 Å². The van der Waals surface area contributed by atoms with Gasteiger partial charge in [0.1, 0.15) is 20.5 Å². The van der Waals surface area contributed by atoms with Gasteiger partial charge in [-0.3, -0.25) is 9.59 Å². The molecule has 1 rings (SSSR count). The van der Waals surface area contributed by atoms with Crippen molar-refractivity contribution < 1.29 is 14.3 Å². The first-order valence-corrected chi connectivity index (χ1v) is 11.4. The predicted octanol–water partition coefficient (Wildman–Crippen LogP) is 3.78. The van der Waals surface area contributed by atoms with Crippen LogP contribution in [0, 0.1) is 0 Å². The normalized spacial score (nSPS) is 13.5. The maximum atomic E-state index is 11.6. The second-order valence-corrected chi connectivity index (χ2v) is 10.8. The van der Waals surface area contributed by atoms with Crippen molar-refractivity contribution >= 4 is 25.5 Å². The molecule has 0 spiro atoms. The molecule has 1 aromatic carbocycles. The number of ether oxygens (including phenoxy) is 1. The zero-order valence-corrected chi connectivity index (χ0v) is 15.7. The minimum absolute atomic E-state index is 0.335. The first kappa shape index (κ1) is 19.4. The number of benzene rings is 1. The molecule has 0 fully saturated rings. The van der Waals surface area contributed by atoms with Gasteiger partial charge in [-0.15, -0.1) is 0 Å². The van der Waals surface area contributed by atoms with E-state index < -0.39 is 14.2 Å². The SMILES string of the molecule is CCCCCC(OC(C)=O)/C(C=O)=C/[Si](C)(C)c1ccccc1. The van der Waals surface area contributed by atoms with E-state index in [2.05, 4.69) is 37.8 Å². The van der Waals surface area contributed by atoms with Crippen molar-refractivity contribution in [3.05, 3.63) is 41.6 Å². The van der Waals surface area contributed by atoms with Crippen LogP contribution in [0.1, 0.15) is 39.5 Å². The zero-order valence-electron chi connectivity index (χ0n) is 14.7. The maximum Gasteiger partial charge on any atom is 0.303 e. The molecule has 0 saturated heterocycles. The molecule has 4 heteroatoms. The lowest BCUT2D eigenvalue weighted by Crippen LogP contribution is -2.40. The number of carbonyl (C=O) groups is 2. The van der Waals surface area contributed by atoms with Crippen molar-refractivity contribution in [3.8, 4) is 0 Å². The van der Waals surface area contributed by atoms with Crippen molar-refractivity contribution in [3.63, 3.8) is 0 Å². The first-order valence-electron chi connectivity index (χ1n) is 8.31. The molecule has 0 aliphatic rings. The summed E-state index contributed by atoms with van der Waals surface area (Å²) in [6.07, 6.45) is 4.26. The fourth-order valence-corrected chi connectivity index (χ4v) is 4.95. The van der Waals surface area contributed by atoms with Gasteiger partial charge < -0.3 is 4.74 Å². The van der Waals surface area contributed by atoms with Crippen LogP contribution in [-0.4, -0.2) is 26.4 Å². The minimum atomic E-state index is -1.91. The second kappa shape index (κ2) is 9.45. The summed E-state index contributed by atoms with van der Waals surface area (Å²) < 4.78 is 5.42. The van der Waals surface area contributed by atoms with Gasteiger partial charge in [0.15, 0.2) is 0 Å². The summed E-state index contributed by atoms with van der Waals surface area (Å²) in [5.74, 6) is -0.335. The van der Waals surface area contributed by atoms with Crippen LogP contribution in [0.25, 0.3) is 0 Å². The highest BCUT2D eigenvalue weighted by Gasteiger charge is 2.25. The van der Waals surface area contributed by atoms with E-state index >= 15 is 0 Å². The molecule has 0 amide bonds. The quantitative estimate of drug-likeness (QED) is 0.227. The van der Waals surface area contributed by atoms with Crippen molar-refractivity contribution in [2.24, 2.45) is 0 Å². The Balaban J connectivity index is 3.03. The summed E-state index contributed by atoms with van der Waals surface area (Å²) in [6, 6.07) is 10.2. The molecule has 0 aliphatic heterocycles. The monoisotopic (exact) mass is 332 g/mol. The van der Waals surface area contributed by atoms with Gasteiger partial charge in [-0.05, 0) is 12.8 Å². The van der Waals surface area contributed by atoms with Crippen molar-refractivity contribution in [2.45, 2.75) is 58.7 Å². The lowest BCUT2D eigenvalue weighted by atomic mass is 10.1. The average Bonchev–Trinajstić information content (AvgIpc) is 2.52. The zero-order chi connectivity index (χ0) is 17.3. The summed E-state index contributed by atoms with van der Waals surface area (Å²) in [7, 11) is -1.91. The topological polar surface area (TPSA) is 43.4 Å². The molecule has 1 atom stereocenters. The van der Waals surface area contributed by atoms with E-state index in [1.165, 1.54) is 12.1 Å².